The topological polar surface area (TPSA) is 35.6 Å². The molecule has 0 radical (unpaired) electrons. The van der Waals surface area contributed by atoms with Crippen molar-refractivity contribution in [2.24, 2.45) is 5.92 Å². The molecule has 118 valence electrons. The number of hydrogen-bond acceptors (Lipinski definition) is 3. The van der Waals surface area contributed by atoms with Crippen LogP contribution in [-0.2, 0) is 4.79 Å². The number of nitrogens with zero attached hydrogens (tertiary/aromatic N) is 2. The summed E-state index contributed by atoms with van der Waals surface area (Å²) in [6.07, 6.45) is 7.42. The van der Waals surface area contributed by atoms with Gasteiger partial charge < -0.3 is 10.2 Å². The predicted molar refractivity (Wildman–Crippen MR) is 85.4 cm³/mol. The third-order valence-corrected chi connectivity index (χ3v) is 4.52. The standard InChI is InChI=1S/C15H29N3O.ClH/c1-16-12-14-6-10-17(11-7-14)13-15(19)18-8-4-2-3-5-9-18;/h14,16H,2-13H2,1H3;1H. The lowest BCUT2D eigenvalue weighted by Gasteiger charge is -2.33. The molecular weight excluding hydrogens is 274 g/mol. The van der Waals surface area contributed by atoms with Crippen LogP contribution in [0.2, 0.25) is 0 Å². The van der Waals surface area contributed by atoms with Gasteiger partial charge in [0.2, 0.25) is 5.91 Å². The summed E-state index contributed by atoms with van der Waals surface area (Å²) in [4.78, 5) is 16.7. The first kappa shape index (κ1) is 17.7. The van der Waals surface area contributed by atoms with Crippen molar-refractivity contribution in [2.75, 3.05) is 46.3 Å². The molecule has 2 heterocycles. The Balaban J connectivity index is 0.00000200. The minimum Gasteiger partial charge on any atom is -0.342 e. The number of carbonyl (C=O) groups is 1. The van der Waals surface area contributed by atoms with Crippen molar-refractivity contribution in [3.63, 3.8) is 0 Å². The van der Waals surface area contributed by atoms with Crippen LogP contribution < -0.4 is 5.32 Å². The summed E-state index contributed by atoms with van der Waals surface area (Å²) in [5.41, 5.74) is 0. The molecule has 0 bridgehead atoms. The van der Waals surface area contributed by atoms with E-state index >= 15 is 0 Å². The van der Waals surface area contributed by atoms with Gasteiger partial charge >= 0.3 is 0 Å². The number of rotatable bonds is 4. The van der Waals surface area contributed by atoms with E-state index in [0.29, 0.717) is 12.5 Å². The summed E-state index contributed by atoms with van der Waals surface area (Å²) in [7, 11) is 2.02. The van der Waals surface area contributed by atoms with Gasteiger partial charge in [0.15, 0.2) is 0 Å². The number of amides is 1. The third kappa shape index (κ3) is 5.58. The van der Waals surface area contributed by atoms with E-state index in [0.717, 1.165) is 38.6 Å². The minimum absolute atomic E-state index is 0. The monoisotopic (exact) mass is 303 g/mol. The normalized spacial score (nSPS) is 22.1. The lowest BCUT2D eigenvalue weighted by Crippen LogP contribution is -2.44. The van der Waals surface area contributed by atoms with E-state index < -0.39 is 0 Å². The zero-order valence-electron chi connectivity index (χ0n) is 12.8. The Hall–Kier alpha value is -0.320. The summed E-state index contributed by atoms with van der Waals surface area (Å²) >= 11 is 0. The molecule has 0 aromatic rings. The van der Waals surface area contributed by atoms with Crippen LogP contribution in [0.4, 0.5) is 0 Å². The van der Waals surface area contributed by atoms with Crippen LogP contribution in [0.3, 0.4) is 0 Å². The van der Waals surface area contributed by atoms with Gasteiger partial charge in [0, 0.05) is 13.1 Å². The molecule has 20 heavy (non-hydrogen) atoms. The molecule has 2 rings (SSSR count). The maximum atomic E-state index is 12.3. The molecule has 1 amide bonds. The lowest BCUT2D eigenvalue weighted by molar-refractivity contribution is -0.132. The molecule has 1 N–H and O–H groups in total. The highest BCUT2D eigenvalue weighted by atomic mass is 35.5. The molecule has 2 aliphatic heterocycles. The Bertz CT molecular complexity index is 272. The molecule has 2 fully saturated rings. The van der Waals surface area contributed by atoms with Crippen molar-refractivity contribution < 1.29 is 4.79 Å². The smallest absolute Gasteiger partial charge is 0.236 e. The maximum absolute atomic E-state index is 12.3. The Labute approximate surface area is 129 Å². The highest BCUT2D eigenvalue weighted by molar-refractivity contribution is 5.85. The molecule has 2 aliphatic rings. The van der Waals surface area contributed by atoms with Crippen LogP contribution in [0.1, 0.15) is 38.5 Å². The number of piperidine rings is 1. The van der Waals surface area contributed by atoms with Crippen molar-refractivity contribution in [2.45, 2.75) is 38.5 Å². The zero-order chi connectivity index (χ0) is 13.5. The Kier molecular flexibility index (Phi) is 8.50. The van der Waals surface area contributed by atoms with Crippen molar-refractivity contribution >= 4 is 18.3 Å². The molecule has 0 spiro atoms. The van der Waals surface area contributed by atoms with Gasteiger partial charge in [-0.25, -0.2) is 0 Å². The number of nitrogens with one attached hydrogen (secondary N) is 1. The number of halogens is 1. The summed E-state index contributed by atoms with van der Waals surface area (Å²) in [6.45, 7) is 5.90. The van der Waals surface area contributed by atoms with Gasteiger partial charge in [0.1, 0.15) is 0 Å². The van der Waals surface area contributed by atoms with Crippen molar-refractivity contribution in [3.8, 4) is 0 Å². The van der Waals surface area contributed by atoms with Crippen LogP contribution in [0.25, 0.3) is 0 Å². The first-order valence-electron chi connectivity index (χ1n) is 7.94. The van der Waals surface area contributed by atoms with Crippen LogP contribution in [-0.4, -0.2) is 62.0 Å². The summed E-state index contributed by atoms with van der Waals surface area (Å²) < 4.78 is 0. The Morgan fingerprint density at radius 2 is 1.65 bits per heavy atom. The molecule has 0 unspecified atom stereocenters. The van der Waals surface area contributed by atoms with E-state index in [2.05, 4.69) is 15.1 Å². The molecule has 5 heteroatoms. The molecule has 0 aliphatic carbocycles. The maximum Gasteiger partial charge on any atom is 0.236 e. The summed E-state index contributed by atoms with van der Waals surface area (Å²) in [5, 5.41) is 3.26. The van der Waals surface area contributed by atoms with Gasteiger partial charge in [0.05, 0.1) is 6.54 Å². The highest BCUT2D eigenvalue weighted by Crippen LogP contribution is 2.17. The second kappa shape index (κ2) is 9.59. The van der Waals surface area contributed by atoms with Gasteiger partial charge in [-0.1, -0.05) is 12.8 Å². The molecule has 2 saturated heterocycles. The van der Waals surface area contributed by atoms with Crippen LogP contribution in [0.5, 0.6) is 0 Å². The Morgan fingerprint density at radius 1 is 1.05 bits per heavy atom. The number of hydrogen-bond donors (Lipinski definition) is 1. The van der Waals surface area contributed by atoms with Crippen LogP contribution in [0.15, 0.2) is 0 Å². The fraction of sp³-hybridized carbons (Fsp3) is 0.933. The van der Waals surface area contributed by atoms with E-state index in [1.807, 2.05) is 7.05 Å². The van der Waals surface area contributed by atoms with E-state index in [4.69, 9.17) is 0 Å². The molecule has 0 atom stereocenters. The quantitative estimate of drug-likeness (QED) is 0.859. The summed E-state index contributed by atoms with van der Waals surface area (Å²) in [6, 6.07) is 0. The largest absolute Gasteiger partial charge is 0.342 e. The van der Waals surface area contributed by atoms with Crippen LogP contribution in [0, 0.1) is 5.92 Å². The van der Waals surface area contributed by atoms with Crippen molar-refractivity contribution in [1.82, 2.24) is 15.1 Å². The van der Waals surface area contributed by atoms with Gasteiger partial charge in [-0.15, -0.1) is 12.4 Å². The van der Waals surface area contributed by atoms with Gasteiger partial charge in [-0.2, -0.15) is 0 Å². The first-order chi connectivity index (χ1) is 9.29. The molecule has 4 nitrogen and oxygen atoms in total. The van der Waals surface area contributed by atoms with Crippen molar-refractivity contribution in [3.05, 3.63) is 0 Å². The van der Waals surface area contributed by atoms with Crippen molar-refractivity contribution in [1.29, 1.82) is 0 Å². The predicted octanol–water partition coefficient (Wildman–Crippen LogP) is 1.74. The summed E-state index contributed by atoms with van der Waals surface area (Å²) in [5.74, 6) is 1.16. The Morgan fingerprint density at radius 3 is 2.20 bits per heavy atom. The molecule has 0 aromatic carbocycles. The van der Waals surface area contributed by atoms with E-state index in [1.165, 1.54) is 38.5 Å². The molecule has 0 saturated carbocycles. The van der Waals surface area contributed by atoms with Crippen LogP contribution >= 0.6 is 12.4 Å². The van der Waals surface area contributed by atoms with Gasteiger partial charge in [0.25, 0.3) is 0 Å². The van der Waals surface area contributed by atoms with E-state index in [-0.39, 0.29) is 12.4 Å². The average molecular weight is 304 g/mol. The van der Waals surface area contributed by atoms with Gasteiger partial charge in [-0.05, 0) is 58.3 Å². The highest BCUT2D eigenvalue weighted by Gasteiger charge is 2.22. The molecule has 0 aromatic heterocycles. The van der Waals surface area contributed by atoms with E-state index in [9.17, 15) is 4.79 Å². The first-order valence-corrected chi connectivity index (χ1v) is 7.94. The second-order valence-electron chi connectivity index (χ2n) is 6.07. The third-order valence-electron chi connectivity index (χ3n) is 4.52. The lowest BCUT2D eigenvalue weighted by atomic mass is 9.97. The SMILES string of the molecule is CNCC1CCN(CC(=O)N2CCCCCC2)CC1.Cl. The van der Waals surface area contributed by atoms with E-state index in [1.54, 1.807) is 0 Å². The van der Waals surface area contributed by atoms with Gasteiger partial charge in [-0.3, -0.25) is 9.69 Å². The molecular formula is C15H30ClN3O. The minimum atomic E-state index is 0. The number of likely N-dealkylation sites (tertiary alicyclic amines) is 2. The zero-order valence-corrected chi connectivity index (χ0v) is 13.6. The fourth-order valence-electron chi connectivity index (χ4n) is 3.25. The second-order valence-corrected chi connectivity index (χ2v) is 6.07. The fourth-order valence-corrected chi connectivity index (χ4v) is 3.25. The number of carbonyl (C=O) groups excluding carboxylic acids is 1. The average Bonchev–Trinajstić information content (AvgIpc) is 2.70.